The second-order valence-corrected chi connectivity index (χ2v) is 8.53. The molecular formula is C18H30O3. The van der Waals surface area contributed by atoms with Crippen LogP contribution in [0.2, 0.25) is 0 Å². The molecule has 3 saturated carbocycles. The van der Waals surface area contributed by atoms with E-state index in [-0.39, 0.29) is 12.0 Å². The first-order valence-corrected chi connectivity index (χ1v) is 8.70. The molecule has 3 fully saturated rings. The predicted octanol–water partition coefficient (Wildman–Crippen LogP) is 3.70. The van der Waals surface area contributed by atoms with Gasteiger partial charge in [0.2, 0.25) is 0 Å². The third-order valence-electron chi connectivity index (χ3n) is 7.83. The molecular weight excluding hydrogens is 264 g/mol. The van der Waals surface area contributed by atoms with Crippen LogP contribution in [0, 0.1) is 34.5 Å². The number of carboxylic acids is 1. The summed E-state index contributed by atoms with van der Waals surface area (Å²) in [5.74, 6) is 1.50. The van der Waals surface area contributed by atoms with Crippen molar-refractivity contribution in [2.24, 2.45) is 34.5 Å². The number of rotatable bonds is 1. The molecule has 0 aromatic carbocycles. The summed E-state index contributed by atoms with van der Waals surface area (Å²) in [5, 5.41) is 19.6. The van der Waals surface area contributed by atoms with Gasteiger partial charge in [-0.2, -0.15) is 0 Å². The minimum atomic E-state index is -0.611. The summed E-state index contributed by atoms with van der Waals surface area (Å²) in [6.07, 6.45) is 7.11. The Kier molecular flexibility index (Phi) is 3.63. The van der Waals surface area contributed by atoms with E-state index in [2.05, 4.69) is 13.8 Å². The average Bonchev–Trinajstić information content (AvgIpc) is 2.43. The summed E-state index contributed by atoms with van der Waals surface area (Å²) in [7, 11) is 0. The van der Waals surface area contributed by atoms with Gasteiger partial charge in [-0.15, -0.1) is 0 Å². The van der Waals surface area contributed by atoms with Crippen molar-refractivity contribution in [3.63, 3.8) is 0 Å². The lowest BCUT2D eigenvalue weighted by Crippen LogP contribution is -2.55. The molecule has 0 saturated heterocycles. The number of aliphatic hydroxyl groups is 1. The highest BCUT2D eigenvalue weighted by Crippen LogP contribution is 2.62. The van der Waals surface area contributed by atoms with E-state index in [0.717, 1.165) is 38.5 Å². The maximum Gasteiger partial charge on any atom is 0.309 e. The van der Waals surface area contributed by atoms with Crippen LogP contribution in [0.25, 0.3) is 0 Å². The van der Waals surface area contributed by atoms with Crippen molar-refractivity contribution in [1.82, 2.24) is 0 Å². The van der Waals surface area contributed by atoms with E-state index >= 15 is 0 Å². The lowest BCUT2D eigenvalue weighted by atomic mass is 9.45. The summed E-state index contributed by atoms with van der Waals surface area (Å²) < 4.78 is 0. The van der Waals surface area contributed by atoms with E-state index < -0.39 is 11.4 Å². The van der Waals surface area contributed by atoms with Gasteiger partial charge in [-0.05, 0) is 81.0 Å². The molecule has 3 heteroatoms. The highest BCUT2D eigenvalue weighted by atomic mass is 16.4. The van der Waals surface area contributed by atoms with Crippen molar-refractivity contribution >= 4 is 5.97 Å². The van der Waals surface area contributed by atoms with Crippen molar-refractivity contribution in [3.8, 4) is 0 Å². The molecule has 0 radical (unpaired) electrons. The molecule has 0 unspecified atom stereocenters. The largest absolute Gasteiger partial charge is 0.481 e. The fourth-order valence-corrected chi connectivity index (χ4v) is 6.02. The second-order valence-electron chi connectivity index (χ2n) is 8.53. The monoisotopic (exact) mass is 294 g/mol. The Hall–Kier alpha value is -0.570. The Morgan fingerprint density at radius 1 is 1.10 bits per heavy atom. The smallest absolute Gasteiger partial charge is 0.309 e. The summed E-state index contributed by atoms with van der Waals surface area (Å²) in [5.41, 5.74) is -0.214. The third kappa shape index (κ3) is 2.15. The lowest BCUT2D eigenvalue weighted by Gasteiger charge is -2.60. The van der Waals surface area contributed by atoms with Gasteiger partial charge in [-0.1, -0.05) is 13.8 Å². The zero-order chi connectivity index (χ0) is 15.4. The Morgan fingerprint density at radius 3 is 2.48 bits per heavy atom. The zero-order valence-corrected chi connectivity index (χ0v) is 13.6. The molecule has 0 bridgehead atoms. The fourth-order valence-electron chi connectivity index (χ4n) is 6.02. The van der Waals surface area contributed by atoms with Crippen LogP contribution < -0.4 is 0 Å². The minimum Gasteiger partial charge on any atom is -0.481 e. The molecule has 2 N–H and O–H groups in total. The summed E-state index contributed by atoms with van der Waals surface area (Å²) in [4.78, 5) is 11.7. The van der Waals surface area contributed by atoms with Crippen LogP contribution in [0.4, 0.5) is 0 Å². The first-order valence-electron chi connectivity index (χ1n) is 8.70. The van der Waals surface area contributed by atoms with Crippen molar-refractivity contribution in [3.05, 3.63) is 0 Å². The maximum atomic E-state index is 11.7. The van der Waals surface area contributed by atoms with Gasteiger partial charge < -0.3 is 10.2 Å². The lowest BCUT2D eigenvalue weighted by molar-refractivity contribution is -0.167. The second kappa shape index (κ2) is 4.97. The van der Waals surface area contributed by atoms with Gasteiger partial charge in [0.1, 0.15) is 0 Å². The third-order valence-corrected chi connectivity index (χ3v) is 7.83. The van der Waals surface area contributed by atoms with E-state index in [1.807, 2.05) is 6.92 Å². The summed E-state index contributed by atoms with van der Waals surface area (Å²) in [6, 6.07) is 0. The van der Waals surface area contributed by atoms with Crippen LogP contribution in [0.5, 0.6) is 0 Å². The molecule has 3 aliphatic rings. The molecule has 0 amide bonds. The highest BCUT2D eigenvalue weighted by Gasteiger charge is 2.57. The van der Waals surface area contributed by atoms with Gasteiger partial charge in [-0.25, -0.2) is 0 Å². The van der Waals surface area contributed by atoms with Crippen molar-refractivity contribution in [2.75, 3.05) is 0 Å². The number of hydrogen-bond acceptors (Lipinski definition) is 2. The standard InChI is InChI=1S/C18H30O3/c1-11-14-5-4-12-10-13(19)6-8-18(12,3)15(14)7-9-17(11,2)16(20)21/h11-15,19H,4-10H2,1-3H3,(H,20,21)/t11-,12+,13+,14-,15-,17-,18-/m0/s1. The number of carbonyl (C=O) groups is 1. The van der Waals surface area contributed by atoms with Crippen LogP contribution in [0.15, 0.2) is 0 Å². The van der Waals surface area contributed by atoms with Gasteiger partial charge in [0.25, 0.3) is 0 Å². The average molecular weight is 294 g/mol. The van der Waals surface area contributed by atoms with Crippen LogP contribution in [0.3, 0.4) is 0 Å². The van der Waals surface area contributed by atoms with Gasteiger partial charge >= 0.3 is 5.97 Å². The number of carboxylic acid groups (broad SMARTS) is 1. The molecule has 0 aromatic heterocycles. The molecule has 7 atom stereocenters. The quantitative estimate of drug-likeness (QED) is 0.775. The van der Waals surface area contributed by atoms with Gasteiger partial charge in [0.05, 0.1) is 11.5 Å². The maximum absolute atomic E-state index is 11.7. The number of fused-ring (bicyclic) bond motifs is 3. The van der Waals surface area contributed by atoms with Crippen LogP contribution in [-0.4, -0.2) is 22.3 Å². The van der Waals surface area contributed by atoms with Crippen LogP contribution >= 0.6 is 0 Å². The Bertz CT molecular complexity index is 434. The Balaban J connectivity index is 1.86. The Labute approximate surface area is 128 Å². The molecule has 0 spiro atoms. The van der Waals surface area contributed by atoms with Gasteiger partial charge in [0.15, 0.2) is 0 Å². The number of aliphatic hydroxyl groups excluding tert-OH is 1. The SMILES string of the molecule is C[C@H]1[C@@H]2CC[C@@H]3C[C@H](O)CC[C@]3(C)[C@H]2CC[C@]1(C)C(=O)O. The molecule has 0 aromatic rings. The first-order chi connectivity index (χ1) is 9.79. The zero-order valence-electron chi connectivity index (χ0n) is 13.6. The number of aliphatic carboxylic acids is 1. The molecule has 21 heavy (non-hydrogen) atoms. The molecule has 3 rings (SSSR count). The minimum absolute atomic E-state index is 0.107. The van der Waals surface area contributed by atoms with Crippen molar-refractivity contribution < 1.29 is 15.0 Å². The number of hydrogen-bond donors (Lipinski definition) is 2. The van der Waals surface area contributed by atoms with Crippen molar-refractivity contribution in [2.45, 2.75) is 71.8 Å². The topological polar surface area (TPSA) is 57.5 Å². The van der Waals surface area contributed by atoms with Crippen LogP contribution in [-0.2, 0) is 4.79 Å². The van der Waals surface area contributed by atoms with Crippen molar-refractivity contribution in [1.29, 1.82) is 0 Å². The van der Waals surface area contributed by atoms with E-state index in [9.17, 15) is 15.0 Å². The van der Waals surface area contributed by atoms with Crippen LogP contribution in [0.1, 0.15) is 65.7 Å². The predicted molar refractivity (Wildman–Crippen MR) is 81.8 cm³/mol. The molecule has 3 nitrogen and oxygen atoms in total. The Morgan fingerprint density at radius 2 is 1.81 bits per heavy atom. The summed E-state index contributed by atoms with van der Waals surface area (Å²) in [6.45, 7) is 6.55. The molecule has 0 aliphatic heterocycles. The van der Waals surface area contributed by atoms with E-state index in [4.69, 9.17) is 0 Å². The van der Waals surface area contributed by atoms with E-state index in [0.29, 0.717) is 23.2 Å². The molecule has 0 heterocycles. The highest BCUT2D eigenvalue weighted by molar-refractivity contribution is 5.74. The van der Waals surface area contributed by atoms with Gasteiger partial charge in [0, 0.05) is 0 Å². The fraction of sp³-hybridized carbons (Fsp3) is 0.944. The van der Waals surface area contributed by atoms with Gasteiger partial charge in [-0.3, -0.25) is 4.79 Å². The molecule has 120 valence electrons. The molecule has 3 aliphatic carbocycles. The summed E-state index contributed by atoms with van der Waals surface area (Å²) >= 11 is 0. The first kappa shape index (κ1) is 15.3. The normalized spacial score (nSPS) is 53.6. The van der Waals surface area contributed by atoms with E-state index in [1.165, 1.54) is 6.42 Å². The van der Waals surface area contributed by atoms with E-state index in [1.54, 1.807) is 0 Å².